The molecule has 0 bridgehead atoms. The molecule has 204 valence electrons. The number of hydrogen-bond acceptors (Lipinski definition) is 13. The molecule has 19 heteroatoms. The summed E-state index contributed by atoms with van der Waals surface area (Å²) in [7, 11) is -10.8. The SMILES string of the molecule is O=c1ccn([C@@]23C[C@H](O)[C@@H](COP(=O)(O)OP(=O)(O)O[C@H]4O[C@H](CO)[C@@H](O)[C@H](O)[C@H]4O)[C@@H]2C3)c(=O)[nH]1. The first-order valence-electron chi connectivity index (χ1n) is 10.7. The fraction of sp³-hybridized carbons (Fsp3) is 0.765. The molecule has 17 nitrogen and oxygen atoms in total. The van der Waals surface area contributed by atoms with Crippen molar-refractivity contribution in [3.05, 3.63) is 33.1 Å². The number of rotatable bonds is 9. The number of hydrogen-bond donors (Lipinski definition) is 8. The normalized spacial score (nSPS) is 41.3. The molecule has 36 heavy (non-hydrogen) atoms. The predicted octanol–water partition coefficient (Wildman–Crippen LogP) is -3.32. The van der Waals surface area contributed by atoms with Gasteiger partial charge in [-0.15, -0.1) is 0 Å². The summed E-state index contributed by atoms with van der Waals surface area (Å²) < 4.78 is 44.2. The third-order valence-electron chi connectivity index (χ3n) is 6.70. The van der Waals surface area contributed by atoms with Gasteiger partial charge in [-0.3, -0.25) is 23.4 Å². The topological polar surface area (TPSA) is 268 Å². The third kappa shape index (κ3) is 5.31. The molecule has 0 amide bonds. The summed E-state index contributed by atoms with van der Waals surface area (Å²) in [5, 5.41) is 48.9. The Morgan fingerprint density at radius 2 is 1.78 bits per heavy atom. The van der Waals surface area contributed by atoms with Crippen molar-refractivity contribution >= 4 is 15.6 Å². The van der Waals surface area contributed by atoms with Gasteiger partial charge < -0.3 is 40.1 Å². The fourth-order valence-electron chi connectivity index (χ4n) is 4.90. The molecule has 2 heterocycles. The summed E-state index contributed by atoms with van der Waals surface area (Å²) in [6.07, 6.45) is -8.72. The van der Waals surface area contributed by atoms with E-state index < -0.39 is 88.4 Å². The van der Waals surface area contributed by atoms with Crippen LogP contribution in [0.5, 0.6) is 0 Å². The van der Waals surface area contributed by atoms with E-state index >= 15 is 0 Å². The van der Waals surface area contributed by atoms with E-state index in [-0.39, 0.29) is 12.3 Å². The molecule has 1 aliphatic heterocycles. The molecule has 11 atom stereocenters. The van der Waals surface area contributed by atoms with E-state index in [1.807, 2.05) is 0 Å². The van der Waals surface area contributed by atoms with Crippen LogP contribution in [-0.2, 0) is 32.8 Å². The number of nitrogens with one attached hydrogen (secondary N) is 1. The highest BCUT2D eigenvalue weighted by atomic mass is 31.3. The summed E-state index contributed by atoms with van der Waals surface area (Å²) in [6, 6.07) is 1.14. The lowest BCUT2D eigenvalue weighted by Gasteiger charge is -2.39. The van der Waals surface area contributed by atoms with Crippen molar-refractivity contribution in [2.75, 3.05) is 13.2 Å². The maximum atomic E-state index is 12.3. The van der Waals surface area contributed by atoms with Gasteiger partial charge in [-0.25, -0.2) is 13.9 Å². The summed E-state index contributed by atoms with van der Waals surface area (Å²) in [5.74, 6) is -1.14. The highest BCUT2D eigenvalue weighted by molar-refractivity contribution is 7.61. The van der Waals surface area contributed by atoms with Crippen molar-refractivity contribution in [3.63, 3.8) is 0 Å². The molecule has 2 aliphatic carbocycles. The van der Waals surface area contributed by atoms with Gasteiger partial charge in [-0.2, -0.15) is 4.31 Å². The standard InChI is InChI=1S/C17H26N2O15P2/c20-5-10-12(23)13(24)14(25)15(32-10)33-36(29,30)34-35(27,28)31-6-7-8-3-17(8,4-9(7)21)19-2-1-11(22)18-16(19)26/h1-2,7-10,12-15,20-21,23-25H,3-6H2,(H,27,28)(H,29,30)(H,18,22,26)/t7-,8-,9-,10+,12+,13-,14+,15+,17-/m0/s1. The number of aromatic amines is 1. The van der Waals surface area contributed by atoms with Gasteiger partial charge in [0, 0.05) is 18.2 Å². The van der Waals surface area contributed by atoms with Crippen molar-refractivity contribution in [1.82, 2.24) is 9.55 Å². The predicted molar refractivity (Wildman–Crippen MR) is 113 cm³/mol. The van der Waals surface area contributed by atoms with E-state index in [0.717, 1.165) is 6.07 Å². The molecule has 0 aromatic carbocycles. The van der Waals surface area contributed by atoms with Crippen LogP contribution in [0, 0.1) is 11.8 Å². The van der Waals surface area contributed by atoms with Gasteiger partial charge in [0.2, 0.25) is 0 Å². The van der Waals surface area contributed by atoms with Gasteiger partial charge in [-0.1, -0.05) is 0 Å². The van der Waals surface area contributed by atoms with Gasteiger partial charge in [0.1, 0.15) is 24.4 Å². The van der Waals surface area contributed by atoms with Crippen molar-refractivity contribution in [3.8, 4) is 0 Å². The second kappa shape index (κ2) is 9.78. The minimum Gasteiger partial charge on any atom is -0.394 e. The first-order valence-corrected chi connectivity index (χ1v) is 13.7. The number of aromatic nitrogens is 2. The monoisotopic (exact) mass is 560 g/mol. The summed E-state index contributed by atoms with van der Waals surface area (Å²) in [4.78, 5) is 45.4. The fourth-order valence-corrected chi connectivity index (χ4v) is 7.08. The largest absolute Gasteiger partial charge is 0.483 e. The van der Waals surface area contributed by atoms with Crippen molar-refractivity contribution in [1.29, 1.82) is 0 Å². The van der Waals surface area contributed by atoms with Gasteiger partial charge >= 0.3 is 21.3 Å². The zero-order valence-electron chi connectivity index (χ0n) is 18.3. The maximum Gasteiger partial charge on any atom is 0.483 e. The number of aliphatic hydroxyl groups is 5. The molecule has 0 spiro atoms. The van der Waals surface area contributed by atoms with Crippen LogP contribution in [0.4, 0.5) is 0 Å². The Kier molecular flexibility index (Phi) is 7.53. The molecular weight excluding hydrogens is 534 g/mol. The van der Waals surface area contributed by atoms with E-state index in [1.54, 1.807) is 0 Å². The molecule has 1 aromatic rings. The quantitative estimate of drug-likeness (QED) is 0.137. The number of H-pyrrole nitrogens is 1. The lowest BCUT2D eigenvalue weighted by molar-refractivity contribution is -0.280. The highest BCUT2D eigenvalue weighted by Crippen LogP contribution is 2.65. The average Bonchev–Trinajstić information content (AvgIpc) is 3.39. The van der Waals surface area contributed by atoms with Crippen molar-refractivity contribution < 1.29 is 62.5 Å². The second-order valence-electron chi connectivity index (χ2n) is 8.95. The molecule has 1 saturated heterocycles. The minimum absolute atomic E-state index is 0.0902. The van der Waals surface area contributed by atoms with Crippen LogP contribution in [0.1, 0.15) is 12.8 Å². The van der Waals surface area contributed by atoms with Crippen LogP contribution >= 0.6 is 15.6 Å². The molecule has 3 aliphatic rings. The first kappa shape index (κ1) is 27.7. The minimum atomic E-state index is -5.50. The highest BCUT2D eigenvalue weighted by Gasteiger charge is 2.67. The number of phosphoric ester groups is 2. The van der Waals surface area contributed by atoms with E-state index in [2.05, 4.69) is 13.8 Å². The Hall–Kier alpha value is -1.30. The molecule has 3 fully saturated rings. The van der Waals surface area contributed by atoms with Crippen molar-refractivity contribution in [2.45, 2.75) is 55.2 Å². The Balaban J connectivity index is 1.37. The lowest BCUT2D eigenvalue weighted by Crippen LogP contribution is -2.58. The van der Waals surface area contributed by atoms with Gasteiger partial charge in [0.05, 0.1) is 24.9 Å². The molecular formula is C17H26N2O15P2. The van der Waals surface area contributed by atoms with Gasteiger partial charge in [0.25, 0.3) is 5.56 Å². The Labute approximate surface area is 201 Å². The van der Waals surface area contributed by atoms with Crippen LogP contribution in [-0.4, -0.2) is 94.9 Å². The third-order valence-corrected chi connectivity index (χ3v) is 9.30. The Morgan fingerprint density at radius 3 is 2.42 bits per heavy atom. The molecule has 8 N–H and O–H groups in total. The average molecular weight is 560 g/mol. The zero-order valence-corrected chi connectivity index (χ0v) is 20.1. The lowest BCUT2D eigenvalue weighted by atomic mass is 10.00. The van der Waals surface area contributed by atoms with Gasteiger partial charge in [-0.05, 0) is 18.8 Å². The van der Waals surface area contributed by atoms with E-state index in [0.29, 0.717) is 6.42 Å². The molecule has 2 saturated carbocycles. The summed E-state index contributed by atoms with van der Waals surface area (Å²) in [6.45, 7) is -1.47. The van der Waals surface area contributed by atoms with Crippen LogP contribution in [0.25, 0.3) is 0 Å². The van der Waals surface area contributed by atoms with Crippen LogP contribution in [0.3, 0.4) is 0 Å². The number of phosphoric acid groups is 2. The first-order chi connectivity index (χ1) is 16.7. The van der Waals surface area contributed by atoms with Crippen LogP contribution in [0.2, 0.25) is 0 Å². The maximum absolute atomic E-state index is 12.3. The van der Waals surface area contributed by atoms with E-state index in [9.17, 15) is 48.9 Å². The van der Waals surface area contributed by atoms with Gasteiger partial charge in [0.15, 0.2) is 6.29 Å². The molecule has 2 unspecified atom stereocenters. The van der Waals surface area contributed by atoms with Crippen LogP contribution < -0.4 is 11.2 Å². The Bertz CT molecular complexity index is 1190. The smallest absolute Gasteiger partial charge is 0.394 e. The molecule has 1 aromatic heterocycles. The molecule has 4 rings (SSSR count). The number of fused-ring (bicyclic) bond motifs is 1. The Morgan fingerprint density at radius 1 is 1.08 bits per heavy atom. The number of ether oxygens (including phenoxy) is 1. The van der Waals surface area contributed by atoms with Crippen LogP contribution in [0.15, 0.2) is 21.9 Å². The van der Waals surface area contributed by atoms with E-state index in [1.165, 1.54) is 10.8 Å². The summed E-state index contributed by atoms with van der Waals surface area (Å²) in [5.41, 5.74) is -2.10. The number of aliphatic hydroxyl groups excluding tert-OH is 5. The van der Waals surface area contributed by atoms with Crippen molar-refractivity contribution in [2.24, 2.45) is 11.8 Å². The van der Waals surface area contributed by atoms with E-state index in [4.69, 9.17) is 14.4 Å². The zero-order chi connectivity index (χ0) is 26.6. The molecule has 0 radical (unpaired) electrons. The summed E-state index contributed by atoms with van der Waals surface area (Å²) >= 11 is 0. The second-order valence-corrected chi connectivity index (χ2v) is 11.9. The number of nitrogens with zero attached hydrogens (tertiary/aromatic N) is 1.